The highest BCUT2D eigenvalue weighted by molar-refractivity contribution is 5.95. The lowest BCUT2D eigenvalue weighted by molar-refractivity contribution is -0.143. The van der Waals surface area contributed by atoms with Crippen LogP contribution in [0.5, 0.6) is 0 Å². The van der Waals surface area contributed by atoms with Crippen molar-refractivity contribution in [1.29, 1.82) is 0 Å². The van der Waals surface area contributed by atoms with E-state index in [9.17, 15) is 24.0 Å². The van der Waals surface area contributed by atoms with Crippen molar-refractivity contribution >= 4 is 29.6 Å². The Morgan fingerprint density at radius 2 is 1.60 bits per heavy atom. The monoisotopic (exact) mass is 423 g/mol. The second-order valence-electron chi connectivity index (χ2n) is 6.39. The summed E-state index contributed by atoms with van der Waals surface area (Å²) in [5.74, 6) is -4.89. The van der Waals surface area contributed by atoms with Gasteiger partial charge in [-0.15, -0.1) is 0 Å². The number of hydrogen-bond acceptors (Lipinski definition) is 7. The minimum absolute atomic E-state index is 0.249. The summed E-state index contributed by atoms with van der Waals surface area (Å²) in [6.07, 6.45) is -0.366. The first-order chi connectivity index (χ1) is 14.1. The Morgan fingerprint density at radius 1 is 0.967 bits per heavy atom. The number of carbonyl (C=O) groups is 5. The van der Waals surface area contributed by atoms with Gasteiger partial charge in [0.2, 0.25) is 23.6 Å². The van der Waals surface area contributed by atoms with Gasteiger partial charge in [-0.1, -0.05) is 30.3 Å². The van der Waals surface area contributed by atoms with Crippen molar-refractivity contribution in [2.45, 2.75) is 31.0 Å². The van der Waals surface area contributed by atoms with Crippen LogP contribution >= 0.6 is 0 Å². The molecule has 0 spiro atoms. The van der Waals surface area contributed by atoms with E-state index < -0.39 is 67.3 Å². The number of aliphatic hydroxyl groups is 1. The van der Waals surface area contributed by atoms with Gasteiger partial charge in [-0.25, -0.2) is 4.79 Å². The van der Waals surface area contributed by atoms with Gasteiger partial charge in [-0.2, -0.15) is 0 Å². The van der Waals surface area contributed by atoms with Crippen molar-refractivity contribution in [3.8, 4) is 0 Å². The number of nitrogens with one attached hydrogen (secondary N) is 3. The Balaban J connectivity index is 2.60. The van der Waals surface area contributed by atoms with Crippen molar-refractivity contribution in [3.63, 3.8) is 0 Å². The van der Waals surface area contributed by atoms with Crippen molar-refractivity contribution in [2.24, 2.45) is 11.5 Å². The smallest absolute Gasteiger partial charge is 0.328 e. The quantitative estimate of drug-likeness (QED) is 0.179. The maximum absolute atomic E-state index is 12.1. The molecular formula is C18H25N5O7. The van der Waals surface area contributed by atoms with Gasteiger partial charge < -0.3 is 37.6 Å². The van der Waals surface area contributed by atoms with E-state index >= 15 is 0 Å². The number of carbonyl (C=O) groups excluding carboxylic acids is 4. The van der Waals surface area contributed by atoms with Crippen LogP contribution in [0.2, 0.25) is 0 Å². The van der Waals surface area contributed by atoms with Crippen LogP contribution in [-0.4, -0.2) is 71.1 Å². The molecular weight excluding hydrogens is 398 g/mol. The number of hydrogen-bond donors (Lipinski definition) is 7. The van der Waals surface area contributed by atoms with Gasteiger partial charge in [0.05, 0.1) is 25.6 Å². The molecule has 0 aliphatic carbocycles. The molecule has 0 radical (unpaired) electrons. The Morgan fingerprint density at radius 3 is 2.13 bits per heavy atom. The Kier molecular flexibility index (Phi) is 9.92. The first kappa shape index (κ1) is 24.5. The molecule has 0 aliphatic heterocycles. The van der Waals surface area contributed by atoms with Crippen molar-refractivity contribution in [3.05, 3.63) is 35.9 Å². The topological polar surface area (TPSA) is 214 Å². The molecule has 12 heteroatoms. The second kappa shape index (κ2) is 12.1. The lowest BCUT2D eigenvalue weighted by Crippen LogP contribution is -2.55. The molecule has 30 heavy (non-hydrogen) atoms. The Bertz CT molecular complexity index is 771. The molecule has 0 saturated heterocycles. The summed E-state index contributed by atoms with van der Waals surface area (Å²) < 4.78 is 0. The van der Waals surface area contributed by atoms with Crippen LogP contribution in [0.3, 0.4) is 0 Å². The molecule has 0 aliphatic rings. The first-order valence-corrected chi connectivity index (χ1v) is 8.93. The van der Waals surface area contributed by atoms with Crippen molar-refractivity contribution < 1.29 is 34.2 Å². The summed E-state index contributed by atoms with van der Waals surface area (Å²) in [5.41, 5.74) is 11.7. The van der Waals surface area contributed by atoms with Crippen LogP contribution < -0.4 is 27.4 Å². The normalized spacial score (nSPS) is 13.4. The number of rotatable bonds is 12. The summed E-state index contributed by atoms with van der Waals surface area (Å²) in [7, 11) is 0. The van der Waals surface area contributed by atoms with Crippen LogP contribution in [0.4, 0.5) is 0 Å². The van der Waals surface area contributed by atoms with Gasteiger partial charge in [0.25, 0.3) is 0 Å². The van der Waals surface area contributed by atoms with Gasteiger partial charge in [-0.05, 0) is 12.0 Å². The maximum atomic E-state index is 12.1. The van der Waals surface area contributed by atoms with E-state index in [0.29, 0.717) is 0 Å². The molecule has 4 amide bonds. The zero-order valence-corrected chi connectivity index (χ0v) is 16.0. The minimum atomic E-state index is -1.62. The summed E-state index contributed by atoms with van der Waals surface area (Å²) in [6.45, 7) is -1.43. The fourth-order valence-corrected chi connectivity index (χ4v) is 2.37. The van der Waals surface area contributed by atoms with Gasteiger partial charge >= 0.3 is 5.97 Å². The van der Waals surface area contributed by atoms with E-state index in [1.54, 1.807) is 24.3 Å². The van der Waals surface area contributed by atoms with Crippen LogP contribution in [-0.2, 0) is 30.4 Å². The van der Waals surface area contributed by atoms with E-state index in [-0.39, 0.29) is 6.42 Å². The molecule has 1 aromatic carbocycles. The molecule has 0 saturated carbocycles. The molecule has 3 unspecified atom stereocenters. The largest absolute Gasteiger partial charge is 0.480 e. The van der Waals surface area contributed by atoms with Crippen LogP contribution in [0.15, 0.2) is 30.3 Å². The molecule has 9 N–H and O–H groups in total. The summed E-state index contributed by atoms with van der Waals surface area (Å²) in [5, 5.41) is 24.3. The molecule has 1 aromatic rings. The molecule has 0 fully saturated rings. The standard InChI is InChI=1S/C18H25N5O7/c19-11(6-10-4-2-1-3-5-10)16(27)21-8-15(26)22-12(7-14(20)25)17(28)23-13(9-24)18(29)30/h1-5,11-13,24H,6-9,19H2,(H2,20,25)(H,21,27)(H,22,26)(H,23,28)(H,29,30). The third kappa shape index (κ3) is 8.67. The van der Waals surface area contributed by atoms with E-state index in [2.05, 4.69) is 10.6 Å². The number of benzene rings is 1. The Labute approximate surface area is 172 Å². The number of aliphatic hydroxyl groups excluding tert-OH is 1. The van der Waals surface area contributed by atoms with Crippen LogP contribution in [0.1, 0.15) is 12.0 Å². The highest BCUT2D eigenvalue weighted by atomic mass is 16.4. The third-order valence-electron chi connectivity index (χ3n) is 3.91. The SMILES string of the molecule is NC(=O)CC(NC(=O)CNC(=O)C(N)Cc1ccccc1)C(=O)NC(CO)C(=O)O. The van der Waals surface area contributed by atoms with E-state index in [4.69, 9.17) is 21.7 Å². The summed E-state index contributed by atoms with van der Waals surface area (Å²) >= 11 is 0. The van der Waals surface area contributed by atoms with Crippen molar-refractivity contribution in [2.75, 3.05) is 13.2 Å². The molecule has 0 heterocycles. The van der Waals surface area contributed by atoms with Crippen molar-refractivity contribution in [1.82, 2.24) is 16.0 Å². The van der Waals surface area contributed by atoms with Gasteiger partial charge in [-0.3, -0.25) is 19.2 Å². The molecule has 3 atom stereocenters. The maximum Gasteiger partial charge on any atom is 0.328 e. The van der Waals surface area contributed by atoms with Crippen LogP contribution in [0, 0.1) is 0 Å². The predicted octanol–water partition coefficient (Wildman–Crippen LogP) is -3.41. The lowest BCUT2D eigenvalue weighted by Gasteiger charge is -2.20. The predicted molar refractivity (Wildman–Crippen MR) is 104 cm³/mol. The summed E-state index contributed by atoms with van der Waals surface area (Å²) in [6, 6.07) is 4.97. The molecule has 0 aromatic heterocycles. The fraction of sp³-hybridized carbons (Fsp3) is 0.389. The number of carboxylic acids is 1. The number of amides is 4. The third-order valence-corrected chi connectivity index (χ3v) is 3.91. The number of aliphatic carboxylic acids is 1. The minimum Gasteiger partial charge on any atom is -0.480 e. The second-order valence-corrected chi connectivity index (χ2v) is 6.39. The number of nitrogens with two attached hydrogens (primary N) is 2. The van der Waals surface area contributed by atoms with E-state index in [1.165, 1.54) is 0 Å². The number of carboxylic acid groups (broad SMARTS) is 1. The average Bonchev–Trinajstić information content (AvgIpc) is 2.69. The van der Waals surface area contributed by atoms with Gasteiger partial charge in [0.1, 0.15) is 12.1 Å². The highest BCUT2D eigenvalue weighted by Gasteiger charge is 2.27. The average molecular weight is 423 g/mol. The van der Waals surface area contributed by atoms with Crippen LogP contribution in [0.25, 0.3) is 0 Å². The lowest BCUT2D eigenvalue weighted by atomic mass is 10.1. The zero-order valence-electron chi connectivity index (χ0n) is 16.0. The zero-order chi connectivity index (χ0) is 22.7. The highest BCUT2D eigenvalue weighted by Crippen LogP contribution is 2.01. The molecule has 1 rings (SSSR count). The van der Waals surface area contributed by atoms with E-state index in [1.807, 2.05) is 11.4 Å². The first-order valence-electron chi connectivity index (χ1n) is 8.93. The molecule has 164 valence electrons. The van der Waals surface area contributed by atoms with Gasteiger partial charge in [0.15, 0.2) is 0 Å². The Hall–Kier alpha value is -3.51. The number of primary amides is 1. The summed E-state index contributed by atoms with van der Waals surface area (Å²) in [4.78, 5) is 58.3. The fourth-order valence-electron chi connectivity index (χ4n) is 2.37. The molecule has 0 bridgehead atoms. The van der Waals surface area contributed by atoms with Gasteiger partial charge in [0, 0.05) is 0 Å². The molecule has 12 nitrogen and oxygen atoms in total. The van der Waals surface area contributed by atoms with E-state index in [0.717, 1.165) is 5.56 Å².